The minimum absolute atomic E-state index is 0.115. The van der Waals surface area contributed by atoms with Crippen molar-refractivity contribution in [1.29, 1.82) is 0 Å². The van der Waals surface area contributed by atoms with Crippen LogP contribution in [0.4, 0.5) is 0 Å². The maximum Gasteiger partial charge on any atom is 0.224 e. The third-order valence-corrected chi connectivity index (χ3v) is 3.83. The first-order chi connectivity index (χ1) is 10.2. The molecule has 5 heteroatoms. The van der Waals surface area contributed by atoms with E-state index < -0.39 is 0 Å². The van der Waals surface area contributed by atoms with Gasteiger partial charge in [-0.3, -0.25) is 4.79 Å². The van der Waals surface area contributed by atoms with E-state index in [9.17, 15) is 4.79 Å². The summed E-state index contributed by atoms with van der Waals surface area (Å²) >= 11 is 0. The van der Waals surface area contributed by atoms with Gasteiger partial charge in [-0.2, -0.15) is 0 Å². The van der Waals surface area contributed by atoms with Crippen molar-refractivity contribution in [2.24, 2.45) is 5.92 Å². The van der Waals surface area contributed by atoms with Crippen molar-refractivity contribution < 1.29 is 14.3 Å². The fourth-order valence-electron chi connectivity index (χ4n) is 2.59. The fraction of sp³-hybridized carbons (Fsp3) is 0.562. The summed E-state index contributed by atoms with van der Waals surface area (Å²) in [5.74, 6) is 1.71. The topological polar surface area (TPSA) is 59.6 Å². The van der Waals surface area contributed by atoms with Crippen LogP contribution in [0.2, 0.25) is 0 Å². The highest BCUT2D eigenvalue weighted by molar-refractivity contribution is 5.78. The Morgan fingerprint density at radius 1 is 1.33 bits per heavy atom. The SMILES string of the molecule is COc1ccc(CCNC(=O)[C@@H]2CCCNC2)cc1OC. The van der Waals surface area contributed by atoms with Gasteiger partial charge in [0.05, 0.1) is 20.1 Å². The molecule has 1 aliphatic heterocycles. The Labute approximate surface area is 126 Å². The molecule has 1 aliphatic rings. The summed E-state index contributed by atoms with van der Waals surface area (Å²) in [6.07, 6.45) is 2.84. The molecule has 0 saturated carbocycles. The molecule has 2 rings (SSSR count). The lowest BCUT2D eigenvalue weighted by Gasteiger charge is -2.21. The van der Waals surface area contributed by atoms with E-state index in [0.717, 1.165) is 49.4 Å². The van der Waals surface area contributed by atoms with Gasteiger partial charge in [0.25, 0.3) is 0 Å². The standard InChI is InChI=1S/C16H24N2O3/c1-20-14-6-5-12(10-15(14)21-2)7-9-18-16(19)13-4-3-8-17-11-13/h5-6,10,13,17H,3-4,7-9,11H2,1-2H3,(H,18,19)/t13-/m1/s1. The maximum absolute atomic E-state index is 12.0. The second kappa shape index (κ2) is 7.88. The van der Waals surface area contributed by atoms with E-state index in [4.69, 9.17) is 9.47 Å². The number of rotatable bonds is 6. The van der Waals surface area contributed by atoms with E-state index in [0.29, 0.717) is 6.54 Å². The summed E-state index contributed by atoms with van der Waals surface area (Å²) in [4.78, 5) is 12.0. The molecule has 116 valence electrons. The number of amides is 1. The molecule has 1 saturated heterocycles. The minimum Gasteiger partial charge on any atom is -0.493 e. The first-order valence-electron chi connectivity index (χ1n) is 7.44. The first-order valence-corrected chi connectivity index (χ1v) is 7.44. The normalized spacial score (nSPS) is 18.1. The van der Waals surface area contributed by atoms with Crippen LogP contribution in [0.3, 0.4) is 0 Å². The highest BCUT2D eigenvalue weighted by atomic mass is 16.5. The number of methoxy groups -OCH3 is 2. The zero-order valence-electron chi connectivity index (χ0n) is 12.8. The largest absolute Gasteiger partial charge is 0.493 e. The molecular formula is C16H24N2O3. The molecule has 1 fully saturated rings. The predicted molar refractivity (Wildman–Crippen MR) is 81.9 cm³/mol. The monoisotopic (exact) mass is 292 g/mol. The van der Waals surface area contributed by atoms with Gasteiger partial charge >= 0.3 is 0 Å². The Balaban J connectivity index is 1.81. The second-order valence-electron chi connectivity index (χ2n) is 5.27. The molecule has 21 heavy (non-hydrogen) atoms. The Hall–Kier alpha value is -1.75. The smallest absolute Gasteiger partial charge is 0.224 e. The number of hydrogen-bond acceptors (Lipinski definition) is 4. The molecule has 1 atom stereocenters. The highest BCUT2D eigenvalue weighted by Crippen LogP contribution is 2.27. The van der Waals surface area contributed by atoms with Crippen molar-refractivity contribution in [3.63, 3.8) is 0 Å². The number of hydrogen-bond donors (Lipinski definition) is 2. The summed E-state index contributed by atoms with van der Waals surface area (Å²) in [7, 11) is 3.25. The molecule has 1 heterocycles. The quantitative estimate of drug-likeness (QED) is 0.831. The van der Waals surface area contributed by atoms with Crippen molar-refractivity contribution in [3.05, 3.63) is 23.8 Å². The minimum atomic E-state index is 0.115. The van der Waals surface area contributed by atoms with E-state index in [2.05, 4.69) is 10.6 Å². The zero-order valence-corrected chi connectivity index (χ0v) is 12.8. The number of benzene rings is 1. The lowest BCUT2D eigenvalue weighted by Crippen LogP contribution is -2.41. The fourth-order valence-corrected chi connectivity index (χ4v) is 2.59. The number of carbonyl (C=O) groups excluding carboxylic acids is 1. The van der Waals surface area contributed by atoms with E-state index in [-0.39, 0.29) is 11.8 Å². The van der Waals surface area contributed by atoms with Crippen LogP contribution >= 0.6 is 0 Å². The Bertz CT molecular complexity index is 471. The van der Waals surface area contributed by atoms with Gasteiger partial charge in [-0.15, -0.1) is 0 Å². The van der Waals surface area contributed by atoms with Gasteiger partial charge in [0.2, 0.25) is 5.91 Å². The number of carbonyl (C=O) groups is 1. The lowest BCUT2D eigenvalue weighted by atomic mass is 9.99. The summed E-state index contributed by atoms with van der Waals surface area (Å²) in [6, 6.07) is 5.84. The van der Waals surface area contributed by atoms with Crippen LogP contribution in [0, 0.1) is 5.92 Å². The Kier molecular flexibility index (Phi) is 5.87. The zero-order chi connectivity index (χ0) is 15.1. The van der Waals surface area contributed by atoms with Crippen LogP contribution in [-0.4, -0.2) is 39.8 Å². The van der Waals surface area contributed by atoms with Gasteiger partial charge < -0.3 is 20.1 Å². The summed E-state index contributed by atoms with van der Waals surface area (Å²) in [6.45, 7) is 2.46. The molecule has 2 N–H and O–H groups in total. The van der Waals surface area contributed by atoms with Gasteiger partial charge in [-0.1, -0.05) is 6.07 Å². The maximum atomic E-state index is 12.0. The van der Waals surface area contributed by atoms with Crippen LogP contribution in [0.25, 0.3) is 0 Å². The van der Waals surface area contributed by atoms with Crippen molar-refractivity contribution >= 4 is 5.91 Å². The van der Waals surface area contributed by atoms with Crippen LogP contribution in [0.15, 0.2) is 18.2 Å². The predicted octanol–water partition coefficient (Wildman–Crippen LogP) is 1.36. The van der Waals surface area contributed by atoms with Crippen molar-refractivity contribution in [3.8, 4) is 11.5 Å². The molecule has 0 aromatic heterocycles. The van der Waals surface area contributed by atoms with E-state index in [1.54, 1.807) is 14.2 Å². The molecule has 1 amide bonds. The van der Waals surface area contributed by atoms with Gasteiger partial charge in [0.15, 0.2) is 11.5 Å². The van der Waals surface area contributed by atoms with Crippen molar-refractivity contribution in [2.75, 3.05) is 33.9 Å². The van der Waals surface area contributed by atoms with E-state index in [1.807, 2.05) is 18.2 Å². The molecule has 0 bridgehead atoms. The average molecular weight is 292 g/mol. The average Bonchev–Trinajstić information content (AvgIpc) is 2.55. The lowest BCUT2D eigenvalue weighted by molar-refractivity contribution is -0.125. The third kappa shape index (κ3) is 4.36. The van der Waals surface area contributed by atoms with Gasteiger partial charge in [0.1, 0.15) is 0 Å². The van der Waals surface area contributed by atoms with Gasteiger partial charge in [-0.05, 0) is 43.5 Å². The number of ether oxygens (including phenoxy) is 2. The molecule has 0 unspecified atom stereocenters. The highest BCUT2D eigenvalue weighted by Gasteiger charge is 2.20. The Morgan fingerprint density at radius 2 is 2.14 bits per heavy atom. The summed E-state index contributed by atoms with van der Waals surface area (Å²) in [5, 5.41) is 6.28. The second-order valence-corrected chi connectivity index (χ2v) is 5.27. The molecule has 1 aromatic rings. The first kappa shape index (κ1) is 15.6. The van der Waals surface area contributed by atoms with Crippen LogP contribution in [-0.2, 0) is 11.2 Å². The molecule has 0 aliphatic carbocycles. The van der Waals surface area contributed by atoms with Crippen molar-refractivity contribution in [2.45, 2.75) is 19.3 Å². The molecule has 0 radical (unpaired) electrons. The molecule has 5 nitrogen and oxygen atoms in total. The van der Waals surface area contributed by atoms with E-state index >= 15 is 0 Å². The summed E-state index contributed by atoms with van der Waals surface area (Å²) < 4.78 is 10.5. The molecular weight excluding hydrogens is 268 g/mol. The van der Waals surface area contributed by atoms with Crippen LogP contribution in [0.5, 0.6) is 11.5 Å². The van der Waals surface area contributed by atoms with Gasteiger partial charge in [-0.25, -0.2) is 0 Å². The van der Waals surface area contributed by atoms with Crippen molar-refractivity contribution in [1.82, 2.24) is 10.6 Å². The summed E-state index contributed by atoms with van der Waals surface area (Å²) in [5.41, 5.74) is 1.12. The van der Waals surface area contributed by atoms with Crippen LogP contribution < -0.4 is 20.1 Å². The molecule has 1 aromatic carbocycles. The van der Waals surface area contributed by atoms with E-state index in [1.165, 1.54) is 0 Å². The van der Waals surface area contributed by atoms with Gasteiger partial charge in [0, 0.05) is 13.1 Å². The molecule has 0 spiro atoms. The van der Waals surface area contributed by atoms with Crippen LogP contribution in [0.1, 0.15) is 18.4 Å². The number of nitrogens with one attached hydrogen (secondary N) is 2. The third-order valence-electron chi connectivity index (χ3n) is 3.83. The number of piperidine rings is 1. The Morgan fingerprint density at radius 3 is 2.81 bits per heavy atom.